The standard InChI is InChI=1S/C31H34N.C26H28N.C24H26NO.C24H26NS/c1-19(2)14-22-12-13-24-23(17-22)16-21(4)32(7)30(24)26-18-29-27(15-20(26)3)25-10-8-9-11-28(25)31(29,5)6;1-17(2)12-20-10-11-24-23(15-20)14-19(4)27(5)26(24)25-16-22-9-7-6-8-21(22)13-18(25)3;2*1-15(2)10-18-6-7-21-20(13-18)12-17(4)25(5)24(21)22-14-23-19(8-9-26-23)11-16(22)3/h8-13,15-19H,14H2,1-7H3;6-11,13-17H,12H2,1-5H3;2*6-9,11-15H,10H2,1-5H3/q4*+1/i16D;14D;2*12D. The van der Waals surface area contributed by atoms with Crippen LogP contribution in [0.1, 0.15) is 153 Å². The highest BCUT2D eigenvalue weighted by atomic mass is 32.1. The minimum Gasteiger partial charge on any atom is -0.464 e. The first-order valence-electron chi connectivity index (χ1n) is 42.1. The van der Waals surface area contributed by atoms with E-state index in [1.54, 1.807) is 17.6 Å². The van der Waals surface area contributed by atoms with E-state index in [2.05, 4.69) is 345 Å². The van der Waals surface area contributed by atoms with Crippen LogP contribution in [0.4, 0.5) is 0 Å². The highest BCUT2D eigenvalue weighted by Gasteiger charge is 2.37. The Morgan fingerprint density at radius 2 is 0.694 bits per heavy atom. The van der Waals surface area contributed by atoms with E-state index in [9.17, 15) is 0 Å². The van der Waals surface area contributed by atoms with Crippen molar-refractivity contribution in [3.63, 3.8) is 0 Å². The number of aryl methyl sites for hydroxylation is 4. The number of aromatic nitrogens is 4. The van der Waals surface area contributed by atoms with Gasteiger partial charge in [-0.3, -0.25) is 0 Å². The van der Waals surface area contributed by atoms with Gasteiger partial charge in [0.2, 0.25) is 22.8 Å². The molecule has 0 bridgehead atoms. The van der Waals surface area contributed by atoms with Crippen molar-refractivity contribution in [3.8, 4) is 56.2 Å². The summed E-state index contributed by atoms with van der Waals surface area (Å²) in [5, 5.41) is 15.9. The molecule has 6 heteroatoms. The molecule has 6 aromatic heterocycles. The molecule has 0 unspecified atom stereocenters. The summed E-state index contributed by atoms with van der Waals surface area (Å²) in [5.41, 5.74) is 30.3. The van der Waals surface area contributed by atoms with Crippen LogP contribution in [0.25, 0.3) is 131 Å². The summed E-state index contributed by atoms with van der Waals surface area (Å²) in [7, 11) is 8.33. The summed E-state index contributed by atoms with van der Waals surface area (Å²) < 4.78 is 50.7. The lowest BCUT2D eigenvalue weighted by Crippen LogP contribution is -2.35. The lowest BCUT2D eigenvalue weighted by molar-refractivity contribution is -0.665. The second kappa shape index (κ2) is 31.4. The van der Waals surface area contributed by atoms with Crippen LogP contribution < -0.4 is 18.3 Å². The van der Waals surface area contributed by atoms with E-state index in [0.29, 0.717) is 47.8 Å². The van der Waals surface area contributed by atoms with Gasteiger partial charge in [-0.05, 0) is 260 Å². The molecule has 1 aliphatic carbocycles. The van der Waals surface area contributed by atoms with Crippen molar-refractivity contribution in [3.05, 3.63) is 296 Å². The third-order valence-electron chi connectivity index (χ3n) is 23.2. The molecule has 562 valence electrons. The van der Waals surface area contributed by atoms with Crippen LogP contribution in [0.5, 0.6) is 0 Å². The molecule has 0 aliphatic heterocycles. The number of benzene rings is 10. The quantitative estimate of drug-likeness (QED) is 0.112. The minimum absolute atomic E-state index is 0.0302. The highest BCUT2D eigenvalue weighted by molar-refractivity contribution is 7.17. The molecule has 5 nitrogen and oxygen atoms in total. The number of hydrogen-bond donors (Lipinski definition) is 0. The van der Waals surface area contributed by atoms with Crippen molar-refractivity contribution in [2.45, 2.75) is 156 Å². The molecular formula is C105H114N4OS+4. The molecule has 0 amide bonds. The van der Waals surface area contributed by atoms with Crippen molar-refractivity contribution in [1.29, 1.82) is 0 Å². The molecular weight excluding hydrogens is 1370 g/mol. The Labute approximate surface area is 670 Å². The van der Waals surface area contributed by atoms with Gasteiger partial charge >= 0.3 is 0 Å². The zero-order chi connectivity index (χ0) is 82.2. The van der Waals surface area contributed by atoms with Crippen LogP contribution in [0.15, 0.2) is 222 Å². The summed E-state index contributed by atoms with van der Waals surface area (Å²) in [4.78, 5) is 0. The van der Waals surface area contributed by atoms with Crippen LogP contribution in [0, 0.1) is 79.1 Å². The maximum Gasteiger partial charge on any atom is 0.220 e. The molecule has 0 radical (unpaired) electrons. The van der Waals surface area contributed by atoms with Crippen LogP contribution >= 0.6 is 11.3 Å². The summed E-state index contributed by atoms with van der Waals surface area (Å²) in [5.74, 6) is 2.41. The third kappa shape index (κ3) is 15.5. The Bertz CT molecular complexity index is 6360. The highest BCUT2D eigenvalue weighted by Crippen LogP contribution is 2.51. The normalized spacial score (nSPS) is 12.9. The van der Waals surface area contributed by atoms with Crippen molar-refractivity contribution in [1.82, 2.24) is 0 Å². The largest absolute Gasteiger partial charge is 0.464 e. The first-order valence-corrected chi connectivity index (χ1v) is 41.0. The molecule has 16 aromatic rings. The van der Waals surface area contributed by atoms with Gasteiger partial charge in [-0.2, -0.15) is 18.3 Å². The maximum absolute atomic E-state index is 8.87. The van der Waals surface area contributed by atoms with Crippen LogP contribution in [0.3, 0.4) is 0 Å². The van der Waals surface area contributed by atoms with E-state index in [1.807, 2.05) is 13.0 Å². The average Bonchev–Trinajstić information content (AvgIpc) is 1.55. The van der Waals surface area contributed by atoms with Gasteiger partial charge in [0, 0.05) is 67.4 Å². The predicted octanol–water partition coefficient (Wildman–Crippen LogP) is 26.0. The van der Waals surface area contributed by atoms with Gasteiger partial charge in [-0.25, -0.2) is 0 Å². The minimum atomic E-state index is -0.0302. The Morgan fingerprint density at radius 3 is 1.13 bits per heavy atom. The van der Waals surface area contributed by atoms with Gasteiger partial charge in [0.1, 0.15) is 33.8 Å². The molecule has 17 rings (SSSR count). The SMILES string of the molecule is [2H]c1c(C)[n+](C)c(-c2cc3c(cc2C)-c2ccccc2C3(C)C)c2ccc(CC(C)C)cc12.[2H]c1c(C)[n+](C)c(-c2cc3ccccc3cc2C)c2ccc(CC(C)C)cc12.[2H]c1c(C)[n+](C)c(-c2cc3occc3cc2C)c2ccc(CC(C)C)cc12.[2H]c1c(C)[n+](C)c(-c2cc3sccc3cc2C)c2ccc(CC(C)C)cc12. The molecule has 111 heavy (non-hydrogen) atoms. The van der Waals surface area contributed by atoms with E-state index in [1.165, 1.54) is 127 Å². The van der Waals surface area contributed by atoms with Crippen molar-refractivity contribution in [2.24, 2.45) is 51.9 Å². The molecule has 0 saturated carbocycles. The maximum atomic E-state index is 8.87. The number of rotatable bonds is 12. The van der Waals surface area contributed by atoms with Crippen molar-refractivity contribution >= 4 is 86.3 Å². The van der Waals surface area contributed by atoms with E-state index in [-0.39, 0.29) is 5.41 Å². The average molecular weight is 1480 g/mol. The number of nitrogens with zero attached hydrogens (tertiary/aromatic N) is 4. The fraction of sp³-hybridized carbons (Fsp3) is 0.295. The van der Waals surface area contributed by atoms with E-state index in [0.717, 1.165) is 108 Å². The molecule has 0 saturated heterocycles. The third-order valence-corrected chi connectivity index (χ3v) is 24.1. The fourth-order valence-corrected chi connectivity index (χ4v) is 18.1. The van der Waals surface area contributed by atoms with E-state index >= 15 is 0 Å². The second-order valence-corrected chi connectivity index (χ2v) is 35.0. The lowest BCUT2D eigenvalue weighted by Gasteiger charge is -2.22. The van der Waals surface area contributed by atoms with Gasteiger partial charge < -0.3 is 4.42 Å². The molecule has 1 aliphatic rings. The Kier molecular flexibility index (Phi) is 20.4. The predicted molar refractivity (Wildman–Crippen MR) is 475 cm³/mol. The van der Waals surface area contributed by atoms with E-state index < -0.39 is 0 Å². The first-order chi connectivity index (χ1) is 54.7. The number of thiophene rings is 1. The van der Waals surface area contributed by atoms with Crippen LogP contribution in [-0.4, -0.2) is 0 Å². The zero-order valence-corrected chi connectivity index (χ0v) is 70.5. The number of furan rings is 1. The monoisotopic (exact) mass is 1480 g/mol. The van der Waals surface area contributed by atoms with E-state index in [4.69, 9.17) is 9.90 Å². The summed E-state index contributed by atoms with van der Waals surface area (Å²) in [6.45, 7) is 39.6. The smallest absolute Gasteiger partial charge is 0.220 e. The molecule has 0 fully saturated rings. The number of pyridine rings is 4. The summed E-state index contributed by atoms with van der Waals surface area (Å²) in [6.07, 6.45) is 5.89. The fourth-order valence-electron chi connectivity index (χ4n) is 17.3. The topological polar surface area (TPSA) is 28.7 Å². The van der Waals surface area contributed by atoms with Crippen molar-refractivity contribution < 1.29 is 28.2 Å². The van der Waals surface area contributed by atoms with Gasteiger partial charge in [0.25, 0.3) is 0 Å². The van der Waals surface area contributed by atoms with Gasteiger partial charge in [0.05, 0.1) is 55.5 Å². The molecule has 0 N–H and O–H groups in total. The Morgan fingerprint density at radius 1 is 0.333 bits per heavy atom. The van der Waals surface area contributed by atoms with Gasteiger partial charge in [-0.1, -0.05) is 178 Å². The number of fused-ring (bicyclic) bond motifs is 10. The van der Waals surface area contributed by atoms with Gasteiger partial charge in [-0.15, -0.1) is 11.3 Å². The first kappa shape index (κ1) is 72.2. The lowest BCUT2D eigenvalue weighted by atomic mass is 9.81. The Hall–Kier alpha value is -10.4. The molecule has 6 heterocycles. The second-order valence-electron chi connectivity index (χ2n) is 34.0. The molecule has 0 atom stereocenters. The summed E-state index contributed by atoms with van der Waals surface area (Å²) >= 11 is 1.79. The van der Waals surface area contributed by atoms with Crippen molar-refractivity contribution in [2.75, 3.05) is 0 Å². The van der Waals surface area contributed by atoms with Crippen LogP contribution in [0.2, 0.25) is 0 Å². The summed E-state index contributed by atoms with van der Waals surface area (Å²) in [6, 6.07) is 69.0. The molecule has 10 aromatic carbocycles. The Balaban J connectivity index is 0.000000127. The number of hydrogen-bond acceptors (Lipinski definition) is 2. The van der Waals surface area contributed by atoms with Crippen LogP contribution in [-0.2, 0) is 59.3 Å². The zero-order valence-electron chi connectivity index (χ0n) is 73.7. The van der Waals surface area contributed by atoms with Gasteiger partial charge in [0.15, 0.2) is 22.8 Å². The molecule has 0 spiro atoms.